The molecule has 21 heavy (non-hydrogen) atoms. The number of likely N-dealkylation sites (tertiary alicyclic amines) is 2. The van der Waals surface area contributed by atoms with E-state index in [1.165, 1.54) is 25.5 Å². The van der Waals surface area contributed by atoms with E-state index in [4.69, 9.17) is 4.74 Å². The molecule has 0 aromatic heterocycles. The summed E-state index contributed by atoms with van der Waals surface area (Å²) in [5.41, 5.74) is 1.37. The smallest absolute Gasteiger partial charge is 0.323 e. The van der Waals surface area contributed by atoms with Gasteiger partial charge in [-0.3, -0.25) is 14.6 Å². The lowest BCUT2D eigenvalue weighted by molar-refractivity contribution is -0.154. The Bertz CT molecular complexity index is 477. The summed E-state index contributed by atoms with van der Waals surface area (Å²) in [6.45, 7) is 4.25. The van der Waals surface area contributed by atoms with E-state index >= 15 is 0 Å². The number of rotatable bonds is 4. The van der Waals surface area contributed by atoms with Crippen LogP contribution in [0, 0.1) is 0 Å². The highest BCUT2D eigenvalue weighted by atomic mass is 16.5. The van der Waals surface area contributed by atoms with Crippen molar-refractivity contribution in [2.45, 2.75) is 37.9 Å². The monoisotopic (exact) mass is 288 g/mol. The fourth-order valence-corrected chi connectivity index (χ4v) is 3.52. The van der Waals surface area contributed by atoms with Gasteiger partial charge in [0.25, 0.3) is 0 Å². The molecule has 4 nitrogen and oxygen atoms in total. The van der Waals surface area contributed by atoms with Crippen LogP contribution < -0.4 is 0 Å². The topological polar surface area (TPSA) is 32.8 Å². The lowest BCUT2D eigenvalue weighted by atomic mass is 9.94. The van der Waals surface area contributed by atoms with Crippen LogP contribution >= 0.6 is 0 Å². The maximum Gasteiger partial charge on any atom is 0.323 e. The molecule has 2 heterocycles. The molecule has 114 valence electrons. The van der Waals surface area contributed by atoms with Gasteiger partial charge in [-0.25, -0.2) is 0 Å². The average molecular weight is 288 g/mol. The number of piperidine rings is 1. The molecule has 2 unspecified atom stereocenters. The van der Waals surface area contributed by atoms with Gasteiger partial charge in [-0.15, -0.1) is 0 Å². The van der Waals surface area contributed by atoms with Gasteiger partial charge in [0, 0.05) is 25.7 Å². The zero-order valence-corrected chi connectivity index (χ0v) is 12.7. The molecule has 0 amide bonds. The number of hydrogen-bond acceptors (Lipinski definition) is 4. The van der Waals surface area contributed by atoms with Crippen LogP contribution in [0.25, 0.3) is 0 Å². The Morgan fingerprint density at radius 1 is 1.24 bits per heavy atom. The van der Waals surface area contributed by atoms with Crippen molar-refractivity contribution in [2.75, 3.05) is 26.7 Å². The summed E-state index contributed by atoms with van der Waals surface area (Å²) in [6, 6.07) is 11.1. The van der Waals surface area contributed by atoms with Crippen molar-refractivity contribution in [3.8, 4) is 0 Å². The van der Waals surface area contributed by atoms with Crippen molar-refractivity contribution in [3.05, 3.63) is 35.9 Å². The van der Waals surface area contributed by atoms with Crippen molar-refractivity contribution in [1.29, 1.82) is 0 Å². The zero-order chi connectivity index (χ0) is 14.7. The first kappa shape index (κ1) is 14.5. The third kappa shape index (κ3) is 3.27. The summed E-state index contributed by atoms with van der Waals surface area (Å²) >= 11 is 0. The highest BCUT2D eigenvalue weighted by Crippen LogP contribution is 2.27. The van der Waals surface area contributed by atoms with Crippen LogP contribution in [0.5, 0.6) is 0 Å². The van der Waals surface area contributed by atoms with Crippen LogP contribution in [-0.2, 0) is 16.1 Å². The van der Waals surface area contributed by atoms with E-state index in [0.717, 1.165) is 32.6 Å². The lowest BCUT2D eigenvalue weighted by Gasteiger charge is -2.47. The molecule has 1 aromatic rings. The van der Waals surface area contributed by atoms with E-state index in [9.17, 15) is 4.79 Å². The largest absolute Gasteiger partial charge is 0.468 e. The number of nitrogens with zero attached hydrogens (tertiary/aromatic N) is 2. The van der Waals surface area contributed by atoms with E-state index in [2.05, 4.69) is 40.1 Å². The Balaban J connectivity index is 1.57. The Hall–Kier alpha value is -1.39. The second kappa shape index (κ2) is 6.58. The van der Waals surface area contributed by atoms with E-state index in [1.54, 1.807) is 0 Å². The van der Waals surface area contributed by atoms with Crippen LogP contribution in [0.3, 0.4) is 0 Å². The lowest BCUT2D eigenvalue weighted by Crippen LogP contribution is -2.60. The average Bonchev–Trinajstić information content (AvgIpc) is 2.47. The van der Waals surface area contributed by atoms with Gasteiger partial charge in [-0.1, -0.05) is 30.3 Å². The first-order chi connectivity index (χ1) is 10.3. The molecule has 2 aliphatic rings. The molecule has 2 fully saturated rings. The number of methoxy groups -OCH3 is 1. The van der Waals surface area contributed by atoms with Gasteiger partial charge in [0.05, 0.1) is 7.11 Å². The van der Waals surface area contributed by atoms with E-state index in [-0.39, 0.29) is 12.0 Å². The van der Waals surface area contributed by atoms with Crippen molar-refractivity contribution in [1.82, 2.24) is 9.80 Å². The Morgan fingerprint density at radius 3 is 2.71 bits per heavy atom. The number of ether oxygens (including phenoxy) is 1. The molecular formula is C17H24N2O2. The molecule has 0 spiro atoms. The van der Waals surface area contributed by atoms with Gasteiger partial charge in [0.15, 0.2) is 0 Å². The molecule has 0 bridgehead atoms. The predicted molar refractivity (Wildman–Crippen MR) is 81.9 cm³/mol. The normalized spacial score (nSPS) is 27.1. The zero-order valence-electron chi connectivity index (χ0n) is 12.7. The van der Waals surface area contributed by atoms with E-state index in [0.29, 0.717) is 6.04 Å². The summed E-state index contributed by atoms with van der Waals surface area (Å²) in [5, 5.41) is 0. The van der Waals surface area contributed by atoms with Gasteiger partial charge in [-0.05, 0) is 31.4 Å². The Kier molecular flexibility index (Phi) is 4.56. The van der Waals surface area contributed by atoms with Crippen molar-refractivity contribution < 1.29 is 9.53 Å². The highest BCUT2D eigenvalue weighted by Gasteiger charge is 2.40. The second-order valence-corrected chi connectivity index (χ2v) is 6.08. The molecule has 3 rings (SSSR count). The quantitative estimate of drug-likeness (QED) is 0.792. The first-order valence-electron chi connectivity index (χ1n) is 7.88. The maximum absolute atomic E-state index is 11.7. The molecule has 0 N–H and O–H groups in total. The number of hydrogen-bond donors (Lipinski definition) is 0. The molecule has 0 aliphatic carbocycles. The van der Waals surface area contributed by atoms with Crippen LogP contribution in [0.4, 0.5) is 0 Å². The van der Waals surface area contributed by atoms with Crippen molar-refractivity contribution >= 4 is 5.97 Å². The number of benzene rings is 1. The molecule has 0 saturated carbocycles. The third-order valence-corrected chi connectivity index (χ3v) is 4.73. The molecule has 2 atom stereocenters. The van der Waals surface area contributed by atoms with Crippen LogP contribution in [0.2, 0.25) is 0 Å². The highest BCUT2D eigenvalue weighted by molar-refractivity contribution is 5.76. The van der Waals surface area contributed by atoms with Gasteiger partial charge in [0.2, 0.25) is 0 Å². The van der Waals surface area contributed by atoms with Gasteiger partial charge in [0.1, 0.15) is 6.04 Å². The minimum atomic E-state index is -0.0681. The maximum atomic E-state index is 11.7. The first-order valence-corrected chi connectivity index (χ1v) is 7.88. The molecule has 0 radical (unpaired) electrons. The molecule has 4 heteroatoms. The van der Waals surface area contributed by atoms with Crippen LogP contribution in [-0.4, -0.2) is 54.6 Å². The molecular weight excluding hydrogens is 264 g/mol. The summed E-state index contributed by atoms with van der Waals surface area (Å²) in [6.07, 6.45) is 3.35. The summed E-state index contributed by atoms with van der Waals surface area (Å²) < 4.78 is 4.90. The van der Waals surface area contributed by atoms with Gasteiger partial charge < -0.3 is 4.74 Å². The Morgan fingerprint density at radius 2 is 2.05 bits per heavy atom. The third-order valence-electron chi connectivity index (χ3n) is 4.73. The minimum absolute atomic E-state index is 0.00308. The van der Waals surface area contributed by atoms with Gasteiger partial charge >= 0.3 is 5.97 Å². The van der Waals surface area contributed by atoms with E-state index < -0.39 is 0 Å². The number of carbonyl (C=O) groups is 1. The van der Waals surface area contributed by atoms with E-state index in [1.807, 2.05) is 0 Å². The number of carbonyl (C=O) groups excluding carboxylic acids is 1. The minimum Gasteiger partial charge on any atom is -0.468 e. The summed E-state index contributed by atoms with van der Waals surface area (Å²) in [4.78, 5) is 16.6. The fourth-order valence-electron chi connectivity index (χ4n) is 3.52. The van der Waals surface area contributed by atoms with Crippen molar-refractivity contribution in [2.24, 2.45) is 0 Å². The summed E-state index contributed by atoms with van der Waals surface area (Å²) in [5.74, 6) is -0.0681. The molecule has 2 saturated heterocycles. The predicted octanol–water partition coefficient (Wildman–Crippen LogP) is 1.90. The Labute approximate surface area is 126 Å². The number of esters is 1. The summed E-state index contributed by atoms with van der Waals surface area (Å²) in [7, 11) is 1.49. The van der Waals surface area contributed by atoms with Crippen LogP contribution in [0.15, 0.2) is 30.3 Å². The fraction of sp³-hybridized carbons (Fsp3) is 0.588. The second-order valence-electron chi connectivity index (χ2n) is 6.08. The standard InChI is InChI=1S/C17H24N2O2/c1-21-17(20)16-9-11-19(16)15-8-5-10-18(13-15)12-14-6-3-2-4-7-14/h2-4,6-7,15-16H,5,8-13H2,1H3. The van der Waals surface area contributed by atoms with Gasteiger partial charge in [-0.2, -0.15) is 0 Å². The SMILES string of the molecule is COC(=O)C1CCN1C1CCCN(Cc2ccccc2)C1. The van der Waals surface area contributed by atoms with Crippen molar-refractivity contribution in [3.63, 3.8) is 0 Å². The van der Waals surface area contributed by atoms with Crippen LogP contribution in [0.1, 0.15) is 24.8 Å². The molecule has 1 aromatic carbocycles. The molecule has 2 aliphatic heterocycles.